The van der Waals surface area contributed by atoms with Gasteiger partial charge in [0.25, 0.3) is 10.0 Å². The molecule has 4 N–H and O–H groups in total. The van der Waals surface area contributed by atoms with Crippen molar-refractivity contribution in [3.8, 4) is 5.75 Å². The molecule has 0 spiro atoms. The van der Waals surface area contributed by atoms with Gasteiger partial charge in [0.2, 0.25) is 5.91 Å². The molecule has 0 unspecified atom stereocenters. The van der Waals surface area contributed by atoms with Crippen molar-refractivity contribution in [1.82, 2.24) is 9.71 Å². The summed E-state index contributed by atoms with van der Waals surface area (Å²) < 4.78 is 33.3. The maximum atomic E-state index is 13.0. The van der Waals surface area contributed by atoms with E-state index in [1.54, 1.807) is 68.4 Å². The van der Waals surface area contributed by atoms with Gasteiger partial charge in [-0.05, 0) is 67.1 Å². The molecule has 0 bridgehead atoms. The first kappa shape index (κ1) is 28.1. The summed E-state index contributed by atoms with van der Waals surface area (Å²) in [6, 6.07) is 17.5. The summed E-state index contributed by atoms with van der Waals surface area (Å²) in [5.41, 5.74) is 3.73. The predicted octanol–water partition coefficient (Wildman–Crippen LogP) is 5.80. The van der Waals surface area contributed by atoms with Crippen molar-refractivity contribution >= 4 is 61.7 Å². The number of urea groups is 1. The van der Waals surface area contributed by atoms with Crippen LogP contribution in [-0.4, -0.2) is 32.4 Å². The van der Waals surface area contributed by atoms with Gasteiger partial charge in [-0.1, -0.05) is 31.7 Å². The Morgan fingerprint density at radius 1 is 0.975 bits per heavy atom. The first-order valence-electron chi connectivity index (χ1n) is 12.3. The largest absolute Gasteiger partial charge is 0.497 e. The predicted molar refractivity (Wildman–Crippen MR) is 158 cm³/mol. The lowest BCUT2D eigenvalue weighted by Crippen LogP contribution is -2.34. The average Bonchev–Trinajstić information content (AvgIpc) is 2.95. The number of sulfonamides is 1. The van der Waals surface area contributed by atoms with Crippen LogP contribution in [-0.2, 0) is 14.8 Å². The van der Waals surface area contributed by atoms with Crippen LogP contribution in [0.3, 0.4) is 0 Å². The number of rotatable bonds is 9. The van der Waals surface area contributed by atoms with Gasteiger partial charge in [-0.15, -0.1) is 0 Å². The number of nitrogens with zero attached hydrogens (tertiary/aromatic N) is 1. The number of hydrogen-bond acceptors (Lipinski definition) is 7. The Balaban J connectivity index is 1.70. The van der Waals surface area contributed by atoms with Crippen LogP contribution in [0.4, 0.5) is 27.5 Å². The zero-order chi connectivity index (χ0) is 28.9. The number of aryl methyl sites for hydroxylation is 1. The van der Waals surface area contributed by atoms with Gasteiger partial charge in [0, 0.05) is 23.2 Å². The van der Waals surface area contributed by atoms with E-state index >= 15 is 0 Å². The first-order valence-corrected chi connectivity index (χ1v) is 13.8. The summed E-state index contributed by atoms with van der Waals surface area (Å²) >= 11 is 0. The molecular formula is C29H29N5O5S. The zero-order valence-corrected chi connectivity index (χ0v) is 23.1. The number of carbonyl (C=O) groups excluding carboxylic acids is 2. The molecule has 3 aromatic carbocycles. The molecule has 4 aromatic rings. The van der Waals surface area contributed by atoms with Gasteiger partial charge in [-0.3, -0.25) is 9.78 Å². The third-order valence-electron chi connectivity index (χ3n) is 6.00. The highest BCUT2D eigenvalue weighted by molar-refractivity contribution is 7.90. The van der Waals surface area contributed by atoms with Crippen molar-refractivity contribution in [3.63, 3.8) is 0 Å². The number of aromatic nitrogens is 1. The molecule has 1 aromatic heterocycles. The summed E-state index contributed by atoms with van der Waals surface area (Å²) in [6.45, 7) is 7.12. The van der Waals surface area contributed by atoms with Gasteiger partial charge in [-0.2, -0.15) is 0 Å². The summed E-state index contributed by atoms with van der Waals surface area (Å²) in [5, 5.41) is 9.39. The summed E-state index contributed by atoms with van der Waals surface area (Å²) in [5.74, 6) is 0.464. The van der Waals surface area contributed by atoms with E-state index < -0.39 is 16.1 Å². The van der Waals surface area contributed by atoms with E-state index in [4.69, 9.17) is 4.74 Å². The Bertz CT molecular complexity index is 1700. The van der Waals surface area contributed by atoms with E-state index in [9.17, 15) is 18.0 Å². The number of pyridine rings is 1. The molecule has 40 heavy (non-hydrogen) atoms. The van der Waals surface area contributed by atoms with Crippen molar-refractivity contribution in [2.45, 2.75) is 25.2 Å². The number of ether oxygens (including phenoxy) is 1. The molecule has 3 amide bonds. The van der Waals surface area contributed by atoms with E-state index in [-0.39, 0.29) is 16.5 Å². The lowest BCUT2D eigenvalue weighted by atomic mass is 10.1. The molecule has 1 heterocycles. The van der Waals surface area contributed by atoms with Gasteiger partial charge in [0.1, 0.15) is 5.75 Å². The molecule has 206 valence electrons. The minimum atomic E-state index is -4.17. The van der Waals surface area contributed by atoms with Gasteiger partial charge in [-0.25, -0.2) is 17.9 Å². The van der Waals surface area contributed by atoms with Gasteiger partial charge < -0.3 is 20.7 Å². The molecule has 0 aliphatic carbocycles. The third-order valence-corrected chi connectivity index (χ3v) is 7.33. The number of methoxy groups -OCH3 is 1. The number of amides is 3. The minimum Gasteiger partial charge on any atom is -0.497 e. The standard InChI is InChI=1S/C29H29N5O5S/c1-5-19-8-7-9-23(16-19)40(37,38)34-29(36)33-27-18(3)30-25-15-14-22(39-4)17-24(25)28(27)32-21-12-10-20(11-13-21)31-26(35)6-2/h5,7-17H,1,6H2,2-4H3,(H,30,32)(H,31,35)(H2,33,34,36). The number of carbonyl (C=O) groups is 2. The van der Waals surface area contributed by atoms with Crippen molar-refractivity contribution in [3.05, 3.63) is 84.6 Å². The molecule has 4 rings (SSSR count). The highest BCUT2D eigenvalue weighted by atomic mass is 32.2. The molecular weight excluding hydrogens is 530 g/mol. The van der Waals surface area contributed by atoms with Crippen molar-refractivity contribution < 1.29 is 22.7 Å². The van der Waals surface area contributed by atoms with Gasteiger partial charge >= 0.3 is 6.03 Å². The second kappa shape index (κ2) is 11.9. The lowest BCUT2D eigenvalue weighted by molar-refractivity contribution is -0.115. The number of anilines is 4. The maximum absolute atomic E-state index is 13.0. The smallest absolute Gasteiger partial charge is 0.333 e. The van der Waals surface area contributed by atoms with Crippen LogP contribution in [0.2, 0.25) is 0 Å². The lowest BCUT2D eigenvalue weighted by Gasteiger charge is -2.19. The van der Waals surface area contributed by atoms with E-state index in [0.717, 1.165) is 0 Å². The molecule has 0 aliphatic heterocycles. The Labute approximate surface area is 232 Å². The Kier molecular flexibility index (Phi) is 8.34. The second-order valence-electron chi connectivity index (χ2n) is 8.77. The molecule has 0 aliphatic rings. The first-order chi connectivity index (χ1) is 19.1. The minimum absolute atomic E-state index is 0.0771. The SMILES string of the molecule is C=Cc1cccc(S(=O)(=O)NC(=O)Nc2c(C)nc3ccc(OC)cc3c2Nc2ccc(NC(=O)CC)cc2)c1. The molecule has 0 saturated heterocycles. The molecule has 0 saturated carbocycles. The quantitative estimate of drug-likeness (QED) is 0.203. The monoisotopic (exact) mass is 559 g/mol. The molecule has 0 atom stereocenters. The fourth-order valence-electron chi connectivity index (χ4n) is 3.93. The van der Waals surface area contributed by atoms with Crippen LogP contribution in [0.25, 0.3) is 17.0 Å². The van der Waals surface area contributed by atoms with Gasteiger partial charge in [0.15, 0.2) is 0 Å². The Morgan fingerprint density at radius 3 is 2.38 bits per heavy atom. The third kappa shape index (κ3) is 6.38. The Morgan fingerprint density at radius 2 is 1.70 bits per heavy atom. The topological polar surface area (TPSA) is 139 Å². The highest BCUT2D eigenvalue weighted by Gasteiger charge is 2.21. The number of benzene rings is 3. The van der Waals surface area contributed by atoms with E-state index in [0.29, 0.717) is 51.4 Å². The van der Waals surface area contributed by atoms with Crippen LogP contribution >= 0.6 is 0 Å². The van der Waals surface area contributed by atoms with Crippen molar-refractivity contribution in [2.75, 3.05) is 23.1 Å². The molecule has 0 fully saturated rings. The van der Waals surface area contributed by atoms with Gasteiger partial charge in [0.05, 0.1) is 34.6 Å². The number of hydrogen-bond donors (Lipinski definition) is 4. The summed E-state index contributed by atoms with van der Waals surface area (Å²) in [6.07, 6.45) is 1.87. The highest BCUT2D eigenvalue weighted by Crippen LogP contribution is 2.37. The van der Waals surface area contributed by atoms with Crippen molar-refractivity contribution in [2.24, 2.45) is 0 Å². The fourth-order valence-corrected chi connectivity index (χ4v) is 4.90. The van der Waals surface area contributed by atoms with Crippen LogP contribution in [0.15, 0.2) is 78.2 Å². The van der Waals surface area contributed by atoms with Crippen molar-refractivity contribution in [1.29, 1.82) is 0 Å². The zero-order valence-electron chi connectivity index (χ0n) is 22.2. The van der Waals surface area contributed by atoms with Crippen LogP contribution in [0.5, 0.6) is 5.75 Å². The average molecular weight is 560 g/mol. The van der Waals surface area contributed by atoms with Crippen LogP contribution in [0.1, 0.15) is 24.6 Å². The molecule has 0 radical (unpaired) electrons. The summed E-state index contributed by atoms with van der Waals surface area (Å²) in [4.78, 5) is 29.3. The summed E-state index contributed by atoms with van der Waals surface area (Å²) in [7, 11) is -2.63. The second-order valence-corrected chi connectivity index (χ2v) is 10.5. The Hall–Kier alpha value is -4.90. The molecule has 10 nitrogen and oxygen atoms in total. The number of nitrogens with one attached hydrogen (secondary N) is 4. The van der Waals surface area contributed by atoms with E-state index in [1.165, 1.54) is 25.3 Å². The van der Waals surface area contributed by atoms with Crippen LogP contribution < -0.4 is 25.4 Å². The van der Waals surface area contributed by atoms with E-state index in [1.807, 2.05) is 0 Å². The number of fused-ring (bicyclic) bond motifs is 1. The maximum Gasteiger partial charge on any atom is 0.333 e. The normalized spacial score (nSPS) is 11.0. The van der Waals surface area contributed by atoms with E-state index in [2.05, 4.69) is 32.2 Å². The fraction of sp³-hybridized carbons (Fsp3) is 0.138. The van der Waals surface area contributed by atoms with Crippen LogP contribution in [0, 0.1) is 6.92 Å². The molecule has 11 heteroatoms.